The summed E-state index contributed by atoms with van der Waals surface area (Å²) in [5, 5.41) is 9.55. The van der Waals surface area contributed by atoms with Gasteiger partial charge in [-0.2, -0.15) is 18.4 Å². The largest absolute Gasteiger partial charge is 0.404 e. The Kier molecular flexibility index (Phi) is 4.60. The second kappa shape index (κ2) is 6.61. The molecule has 4 aliphatic carbocycles. The fourth-order valence-corrected chi connectivity index (χ4v) is 6.51. The first-order valence-corrected chi connectivity index (χ1v) is 10.00. The van der Waals surface area contributed by atoms with E-state index in [1.54, 1.807) is 0 Å². The van der Waals surface area contributed by atoms with E-state index in [9.17, 15) is 23.2 Å². The highest BCUT2D eigenvalue weighted by Crippen LogP contribution is 2.60. The molecule has 0 aromatic rings. The van der Waals surface area contributed by atoms with E-state index in [-0.39, 0.29) is 42.6 Å². The summed E-state index contributed by atoms with van der Waals surface area (Å²) in [5.74, 6) is 0.506. The van der Waals surface area contributed by atoms with Crippen LogP contribution in [0.2, 0.25) is 0 Å². The number of alkyl halides is 3. The molecule has 4 atom stereocenters. The molecule has 4 saturated carbocycles. The molecule has 5 rings (SSSR count). The number of nitriles is 1. The third-order valence-corrected chi connectivity index (χ3v) is 7.45. The quantitative estimate of drug-likeness (QED) is 0.558. The van der Waals surface area contributed by atoms with Crippen molar-refractivity contribution in [2.45, 2.75) is 69.2 Å². The lowest BCUT2D eigenvalue weighted by Gasteiger charge is -2.57. The third kappa shape index (κ3) is 3.06. The van der Waals surface area contributed by atoms with Crippen molar-refractivity contribution in [3.05, 3.63) is 0 Å². The molecule has 1 amide bonds. The van der Waals surface area contributed by atoms with Crippen LogP contribution in [0.5, 0.6) is 0 Å². The summed E-state index contributed by atoms with van der Waals surface area (Å²) >= 11 is 0. The highest BCUT2D eigenvalue weighted by Gasteiger charge is 2.58. The molecule has 5 fully saturated rings. The van der Waals surface area contributed by atoms with E-state index in [1.807, 2.05) is 6.07 Å². The van der Waals surface area contributed by atoms with Gasteiger partial charge >= 0.3 is 6.18 Å². The number of carbonyl (C=O) groups is 1. The average molecular weight is 397 g/mol. The molecule has 28 heavy (non-hydrogen) atoms. The fourth-order valence-electron chi connectivity index (χ4n) is 6.51. The van der Waals surface area contributed by atoms with Crippen molar-refractivity contribution in [2.24, 2.45) is 39.6 Å². The van der Waals surface area contributed by atoms with Crippen LogP contribution in [0.3, 0.4) is 0 Å². The molecule has 1 heterocycles. The SMILES string of the molecule is N#CC(C(N)=NC1C2CC3CC1CC(C(N)=O)(C3)C2)N1CCCC1C(F)(F)F. The number of aliphatic imine (C=N–C) groups is 1. The molecule has 0 aromatic heterocycles. The Bertz CT molecular complexity index is 714. The van der Waals surface area contributed by atoms with E-state index < -0.39 is 23.7 Å². The molecule has 0 radical (unpaired) electrons. The predicted molar refractivity (Wildman–Crippen MR) is 95.8 cm³/mol. The molecule has 4 bridgehead atoms. The van der Waals surface area contributed by atoms with Gasteiger partial charge in [0.15, 0.2) is 6.04 Å². The minimum atomic E-state index is -4.39. The minimum Gasteiger partial charge on any atom is -0.385 e. The van der Waals surface area contributed by atoms with Gasteiger partial charge < -0.3 is 11.5 Å². The summed E-state index contributed by atoms with van der Waals surface area (Å²) in [4.78, 5) is 17.8. The zero-order chi connectivity index (χ0) is 20.3. The van der Waals surface area contributed by atoms with Crippen LogP contribution in [0.25, 0.3) is 0 Å². The van der Waals surface area contributed by atoms with E-state index >= 15 is 0 Å². The number of amidine groups is 1. The number of nitrogens with two attached hydrogens (primary N) is 2. The molecule has 0 spiro atoms. The number of halogens is 3. The van der Waals surface area contributed by atoms with Gasteiger partial charge in [0, 0.05) is 12.0 Å². The summed E-state index contributed by atoms with van der Waals surface area (Å²) < 4.78 is 39.9. The maximum Gasteiger partial charge on any atom is 0.404 e. The predicted octanol–water partition coefficient (Wildman–Crippen LogP) is 1.94. The molecule has 5 aliphatic rings. The molecular weight excluding hydrogens is 371 g/mol. The minimum absolute atomic E-state index is 0.0214. The number of carbonyl (C=O) groups excluding carboxylic acids is 1. The van der Waals surface area contributed by atoms with E-state index in [2.05, 4.69) is 4.99 Å². The van der Waals surface area contributed by atoms with Crippen LogP contribution >= 0.6 is 0 Å². The Morgan fingerprint density at radius 2 is 1.86 bits per heavy atom. The molecule has 4 unspecified atom stereocenters. The molecular formula is C19H26F3N5O. The smallest absolute Gasteiger partial charge is 0.385 e. The van der Waals surface area contributed by atoms with Crippen molar-refractivity contribution < 1.29 is 18.0 Å². The van der Waals surface area contributed by atoms with Crippen molar-refractivity contribution in [2.75, 3.05) is 6.54 Å². The molecule has 6 nitrogen and oxygen atoms in total. The van der Waals surface area contributed by atoms with Gasteiger partial charge in [0.1, 0.15) is 11.9 Å². The monoisotopic (exact) mass is 397 g/mol. The normalized spacial score (nSPS) is 41.8. The van der Waals surface area contributed by atoms with Crippen LogP contribution in [0.1, 0.15) is 44.9 Å². The number of likely N-dealkylation sites (tertiary alicyclic amines) is 1. The van der Waals surface area contributed by atoms with E-state index in [0.29, 0.717) is 25.2 Å². The van der Waals surface area contributed by atoms with Crippen molar-refractivity contribution >= 4 is 11.7 Å². The lowest BCUT2D eigenvalue weighted by molar-refractivity contribution is -0.176. The highest BCUT2D eigenvalue weighted by molar-refractivity contribution is 5.88. The molecule has 4 N–H and O–H groups in total. The van der Waals surface area contributed by atoms with Gasteiger partial charge in [-0.3, -0.25) is 14.7 Å². The molecule has 1 saturated heterocycles. The lowest BCUT2D eigenvalue weighted by Crippen LogP contribution is -2.58. The first-order chi connectivity index (χ1) is 13.1. The number of nitrogens with zero attached hydrogens (tertiary/aromatic N) is 3. The van der Waals surface area contributed by atoms with Crippen LogP contribution < -0.4 is 11.5 Å². The summed E-state index contributed by atoms with van der Waals surface area (Å²) in [6.07, 6.45) is 0.0367. The Labute approximate surface area is 162 Å². The highest BCUT2D eigenvalue weighted by atomic mass is 19.4. The zero-order valence-electron chi connectivity index (χ0n) is 15.7. The summed E-state index contributed by atoms with van der Waals surface area (Å²) in [6.45, 7) is 0.184. The number of hydrogen-bond acceptors (Lipinski definition) is 4. The van der Waals surface area contributed by atoms with E-state index in [0.717, 1.165) is 24.2 Å². The zero-order valence-corrected chi connectivity index (χ0v) is 15.7. The van der Waals surface area contributed by atoms with Crippen LogP contribution in [-0.4, -0.2) is 47.5 Å². The first kappa shape index (κ1) is 19.5. The summed E-state index contributed by atoms with van der Waals surface area (Å²) in [6, 6.07) is -1.01. The third-order valence-electron chi connectivity index (χ3n) is 7.45. The van der Waals surface area contributed by atoms with E-state index in [4.69, 9.17) is 11.5 Å². The maximum absolute atomic E-state index is 13.3. The molecule has 154 valence electrons. The van der Waals surface area contributed by atoms with Gasteiger partial charge in [-0.1, -0.05) is 0 Å². The van der Waals surface area contributed by atoms with Crippen LogP contribution in [-0.2, 0) is 4.79 Å². The topological polar surface area (TPSA) is 108 Å². The lowest BCUT2D eigenvalue weighted by atomic mass is 9.48. The standard InChI is InChI=1S/C19H26F3N5O/c20-19(21,22)14-2-1-3-27(14)13(9-23)16(24)26-15-11-4-10-5-12(15)8-18(6-10,7-11)17(25)28/h10-15H,1-8H2,(H2,24,26)(H2,25,28). The molecule has 0 aromatic carbocycles. The first-order valence-electron chi connectivity index (χ1n) is 10.00. The van der Waals surface area contributed by atoms with Crippen molar-refractivity contribution in [1.82, 2.24) is 4.90 Å². The molecule has 9 heteroatoms. The van der Waals surface area contributed by atoms with Crippen LogP contribution in [0.15, 0.2) is 4.99 Å². The van der Waals surface area contributed by atoms with Crippen molar-refractivity contribution in [1.29, 1.82) is 5.26 Å². The van der Waals surface area contributed by atoms with E-state index in [1.165, 1.54) is 0 Å². The number of primary amides is 1. The Morgan fingerprint density at radius 1 is 1.21 bits per heavy atom. The Morgan fingerprint density at radius 3 is 2.39 bits per heavy atom. The molecule has 1 aliphatic heterocycles. The average Bonchev–Trinajstić information content (AvgIpc) is 3.08. The van der Waals surface area contributed by atoms with Gasteiger partial charge in [0.2, 0.25) is 5.91 Å². The van der Waals surface area contributed by atoms with Crippen molar-refractivity contribution in [3.63, 3.8) is 0 Å². The second-order valence-corrected chi connectivity index (χ2v) is 9.13. The number of rotatable bonds is 4. The fraction of sp³-hybridized carbons (Fsp3) is 0.842. The Hall–Kier alpha value is -1.82. The van der Waals surface area contributed by atoms with Gasteiger partial charge in [-0.05, 0) is 62.7 Å². The van der Waals surface area contributed by atoms with Crippen LogP contribution in [0, 0.1) is 34.5 Å². The maximum atomic E-state index is 13.3. The number of hydrogen-bond donors (Lipinski definition) is 2. The summed E-state index contributed by atoms with van der Waals surface area (Å²) in [7, 11) is 0. The number of amides is 1. The van der Waals surface area contributed by atoms with Gasteiger partial charge in [-0.15, -0.1) is 0 Å². The van der Waals surface area contributed by atoms with Gasteiger partial charge in [0.05, 0.1) is 12.1 Å². The van der Waals surface area contributed by atoms with Gasteiger partial charge in [-0.25, -0.2) is 0 Å². The van der Waals surface area contributed by atoms with Crippen molar-refractivity contribution in [3.8, 4) is 6.07 Å². The Balaban J connectivity index is 1.56. The summed E-state index contributed by atoms with van der Waals surface area (Å²) in [5.41, 5.74) is 11.3. The van der Waals surface area contributed by atoms with Crippen LogP contribution in [0.4, 0.5) is 13.2 Å². The van der Waals surface area contributed by atoms with Gasteiger partial charge in [0.25, 0.3) is 0 Å². The second-order valence-electron chi connectivity index (χ2n) is 9.13.